The molecule has 1 aliphatic heterocycles. The average molecular weight is 402 g/mol. The van der Waals surface area contributed by atoms with Gasteiger partial charge in [-0.1, -0.05) is 12.1 Å². The van der Waals surface area contributed by atoms with Crippen LogP contribution in [0.5, 0.6) is 0 Å². The third-order valence-corrected chi connectivity index (χ3v) is 4.80. The summed E-state index contributed by atoms with van der Waals surface area (Å²) in [4.78, 5) is 17.0. The number of benzene rings is 1. The Bertz CT molecular complexity index is 899. The highest BCUT2D eigenvalue weighted by Crippen LogP contribution is 2.23. The number of carbonyl (C=O) groups excluding carboxylic acids is 1. The average Bonchev–Trinajstić information content (AvgIpc) is 3.34. The van der Waals surface area contributed by atoms with Crippen LogP contribution in [-0.4, -0.2) is 43.5 Å². The Labute approximate surface area is 169 Å². The van der Waals surface area contributed by atoms with Crippen LogP contribution in [0.15, 0.2) is 42.7 Å². The third-order valence-electron chi connectivity index (χ3n) is 4.80. The van der Waals surface area contributed by atoms with Crippen LogP contribution in [0.1, 0.15) is 30.1 Å². The minimum absolute atomic E-state index is 0. The van der Waals surface area contributed by atoms with Gasteiger partial charge in [0.05, 0.1) is 12.1 Å². The van der Waals surface area contributed by atoms with Crippen molar-refractivity contribution in [1.29, 1.82) is 0 Å². The number of anilines is 1. The van der Waals surface area contributed by atoms with Crippen LogP contribution in [0.4, 0.5) is 5.95 Å². The molecule has 2 N–H and O–H groups in total. The molecule has 28 heavy (non-hydrogen) atoms. The van der Waals surface area contributed by atoms with Gasteiger partial charge in [-0.3, -0.25) is 10.1 Å². The van der Waals surface area contributed by atoms with Gasteiger partial charge >= 0.3 is 0 Å². The van der Waals surface area contributed by atoms with Crippen molar-refractivity contribution < 1.29 is 4.79 Å². The molecular weight excluding hydrogens is 378 g/mol. The number of rotatable bonds is 5. The van der Waals surface area contributed by atoms with E-state index in [9.17, 15) is 4.79 Å². The predicted molar refractivity (Wildman–Crippen MR) is 109 cm³/mol. The molecule has 3 heterocycles. The van der Waals surface area contributed by atoms with Gasteiger partial charge in [0.2, 0.25) is 11.9 Å². The van der Waals surface area contributed by atoms with E-state index < -0.39 is 0 Å². The number of carbonyl (C=O) groups is 1. The second-order valence-electron chi connectivity index (χ2n) is 6.78. The summed E-state index contributed by atoms with van der Waals surface area (Å²) < 4.78 is 3.43. The quantitative estimate of drug-likeness (QED) is 0.683. The second-order valence-corrected chi connectivity index (χ2v) is 6.78. The van der Waals surface area contributed by atoms with Crippen molar-refractivity contribution in [3.63, 3.8) is 0 Å². The molecule has 0 aliphatic carbocycles. The SMILES string of the molecule is Cl.Cn1nc(C2CCNCC2)nc1NC(=O)Cc1ccc(-n2cccn2)cc1. The first-order valence-electron chi connectivity index (χ1n) is 9.19. The number of halogens is 1. The topological polar surface area (TPSA) is 89.7 Å². The van der Waals surface area contributed by atoms with Crippen molar-refractivity contribution in [1.82, 2.24) is 29.9 Å². The number of piperidine rings is 1. The first-order chi connectivity index (χ1) is 13.2. The molecule has 0 spiro atoms. The van der Waals surface area contributed by atoms with E-state index in [1.54, 1.807) is 15.6 Å². The van der Waals surface area contributed by atoms with Gasteiger partial charge in [0.15, 0.2) is 5.82 Å². The number of nitrogens with one attached hydrogen (secondary N) is 2. The largest absolute Gasteiger partial charge is 0.317 e. The van der Waals surface area contributed by atoms with E-state index in [4.69, 9.17) is 0 Å². The second kappa shape index (κ2) is 8.99. The maximum atomic E-state index is 12.4. The summed E-state index contributed by atoms with van der Waals surface area (Å²) in [5.41, 5.74) is 1.90. The lowest BCUT2D eigenvalue weighted by Gasteiger charge is -2.19. The lowest BCUT2D eigenvalue weighted by Crippen LogP contribution is -2.27. The summed E-state index contributed by atoms with van der Waals surface area (Å²) in [6.45, 7) is 1.97. The molecule has 4 rings (SSSR count). The first kappa shape index (κ1) is 20.0. The van der Waals surface area contributed by atoms with Crippen LogP contribution >= 0.6 is 12.4 Å². The molecule has 3 aromatic rings. The Morgan fingerprint density at radius 1 is 1.25 bits per heavy atom. The van der Waals surface area contributed by atoms with E-state index >= 15 is 0 Å². The monoisotopic (exact) mass is 401 g/mol. The zero-order valence-electron chi connectivity index (χ0n) is 15.7. The number of aromatic nitrogens is 5. The minimum Gasteiger partial charge on any atom is -0.317 e. The van der Waals surface area contributed by atoms with Gasteiger partial charge in [0.1, 0.15) is 0 Å². The van der Waals surface area contributed by atoms with E-state index in [1.165, 1.54) is 0 Å². The van der Waals surface area contributed by atoms with Crippen LogP contribution in [0, 0.1) is 0 Å². The summed E-state index contributed by atoms with van der Waals surface area (Å²) in [6, 6.07) is 9.65. The van der Waals surface area contributed by atoms with Crippen molar-refractivity contribution in [2.24, 2.45) is 7.05 Å². The smallest absolute Gasteiger partial charge is 0.231 e. The van der Waals surface area contributed by atoms with Crippen LogP contribution < -0.4 is 10.6 Å². The van der Waals surface area contributed by atoms with Crippen molar-refractivity contribution in [3.05, 3.63) is 54.1 Å². The highest BCUT2D eigenvalue weighted by molar-refractivity contribution is 5.90. The summed E-state index contributed by atoms with van der Waals surface area (Å²) in [5, 5.41) is 14.9. The minimum atomic E-state index is -0.103. The molecule has 148 valence electrons. The molecular formula is C19H24ClN7O. The van der Waals surface area contributed by atoms with Crippen molar-refractivity contribution >= 4 is 24.3 Å². The van der Waals surface area contributed by atoms with Gasteiger partial charge in [-0.25, -0.2) is 9.36 Å². The molecule has 9 heteroatoms. The maximum Gasteiger partial charge on any atom is 0.231 e. The van der Waals surface area contributed by atoms with Crippen molar-refractivity contribution in [3.8, 4) is 5.69 Å². The summed E-state index contributed by atoms with van der Waals surface area (Å²) in [6.07, 6.45) is 5.96. The van der Waals surface area contributed by atoms with Crippen molar-refractivity contribution in [2.45, 2.75) is 25.2 Å². The Kier molecular flexibility index (Phi) is 6.43. The first-order valence-corrected chi connectivity index (χ1v) is 9.19. The molecule has 0 atom stereocenters. The van der Waals surface area contributed by atoms with Crippen LogP contribution in [0.25, 0.3) is 5.69 Å². The molecule has 0 bridgehead atoms. The predicted octanol–water partition coefficient (Wildman–Crippen LogP) is 2.07. The Morgan fingerprint density at radius 2 is 2.00 bits per heavy atom. The third kappa shape index (κ3) is 4.58. The molecule has 1 aliphatic rings. The van der Waals surface area contributed by atoms with Gasteiger partial charge < -0.3 is 5.32 Å². The fourth-order valence-electron chi connectivity index (χ4n) is 3.31. The zero-order chi connectivity index (χ0) is 18.6. The van der Waals surface area contributed by atoms with E-state index in [0.29, 0.717) is 11.9 Å². The van der Waals surface area contributed by atoms with Crippen LogP contribution in [0.2, 0.25) is 0 Å². The van der Waals surface area contributed by atoms with E-state index in [1.807, 2.05) is 43.6 Å². The van der Waals surface area contributed by atoms with E-state index in [0.717, 1.165) is 43.0 Å². The standard InChI is InChI=1S/C19H23N7O.ClH/c1-25-19(23-18(24-25)15-7-10-20-11-8-15)22-17(27)13-14-3-5-16(6-4-14)26-12-2-9-21-26;/h2-6,9,12,15,20H,7-8,10-11,13H2,1H3,(H,22,23,24,27);1H. The van der Waals surface area contributed by atoms with Gasteiger partial charge in [0, 0.05) is 25.4 Å². The summed E-state index contributed by atoms with van der Waals surface area (Å²) in [5.74, 6) is 1.58. The number of amides is 1. The highest BCUT2D eigenvalue weighted by atomic mass is 35.5. The molecule has 0 unspecified atom stereocenters. The zero-order valence-corrected chi connectivity index (χ0v) is 16.5. The Balaban J connectivity index is 0.00000225. The van der Waals surface area contributed by atoms with Crippen LogP contribution in [0.3, 0.4) is 0 Å². The number of nitrogens with zero attached hydrogens (tertiary/aromatic N) is 5. The lowest BCUT2D eigenvalue weighted by atomic mass is 9.98. The van der Waals surface area contributed by atoms with E-state index in [2.05, 4.69) is 25.8 Å². The molecule has 1 fully saturated rings. The molecule has 8 nitrogen and oxygen atoms in total. The molecule has 0 saturated carbocycles. The highest BCUT2D eigenvalue weighted by Gasteiger charge is 2.21. The molecule has 1 aromatic carbocycles. The molecule has 2 aromatic heterocycles. The van der Waals surface area contributed by atoms with Gasteiger partial charge in [-0.15, -0.1) is 12.4 Å². The van der Waals surface area contributed by atoms with Crippen molar-refractivity contribution in [2.75, 3.05) is 18.4 Å². The Hall–Kier alpha value is -2.71. The van der Waals surface area contributed by atoms with Gasteiger partial charge in [0.25, 0.3) is 0 Å². The van der Waals surface area contributed by atoms with E-state index in [-0.39, 0.29) is 24.7 Å². The number of aryl methyl sites for hydroxylation is 1. The molecule has 1 saturated heterocycles. The fraction of sp³-hybridized carbons (Fsp3) is 0.368. The summed E-state index contributed by atoms with van der Waals surface area (Å²) >= 11 is 0. The van der Waals surface area contributed by atoms with Crippen LogP contribution in [-0.2, 0) is 18.3 Å². The fourth-order valence-corrected chi connectivity index (χ4v) is 3.31. The molecule has 0 radical (unpaired) electrons. The summed E-state index contributed by atoms with van der Waals surface area (Å²) in [7, 11) is 1.81. The number of hydrogen-bond donors (Lipinski definition) is 2. The van der Waals surface area contributed by atoms with Gasteiger partial charge in [-0.2, -0.15) is 15.2 Å². The Morgan fingerprint density at radius 3 is 2.68 bits per heavy atom. The normalized spacial score (nSPS) is 14.5. The molecule has 1 amide bonds. The van der Waals surface area contributed by atoms with Gasteiger partial charge in [-0.05, 0) is 49.7 Å². The lowest BCUT2D eigenvalue weighted by molar-refractivity contribution is -0.115. The maximum absolute atomic E-state index is 12.4. The number of hydrogen-bond acceptors (Lipinski definition) is 5.